The van der Waals surface area contributed by atoms with E-state index in [0.29, 0.717) is 18.1 Å². The van der Waals surface area contributed by atoms with Crippen molar-refractivity contribution in [3.8, 4) is 5.75 Å². The van der Waals surface area contributed by atoms with Crippen LogP contribution in [0, 0.1) is 5.92 Å². The van der Waals surface area contributed by atoms with Crippen molar-refractivity contribution in [3.05, 3.63) is 29.8 Å². The second kappa shape index (κ2) is 5.51. The van der Waals surface area contributed by atoms with E-state index in [0.717, 1.165) is 38.2 Å². The summed E-state index contributed by atoms with van der Waals surface area (Å²) in [5.41, 5.74) is 7.53. The zero-order valence-electron chi connectivity index (χ0n) is 11.7. The number of likely N-dealkylation sites (tertiary alicyclic amines) is 1. The molecule has 0 aliphatic carbocycles. The molecule has 2 aliphatic rings. The third kappa shape index (κ3) is 2.77. The molecule has 0 spiro atoms. The fourth-order valence-corrected chi connectivity index (χ4v) is 3.37. The molecule has 0 saturated carbocycles. The molecule has 19 heavy (non-hydrogen) atoms. The molecule has 1 saturated heterocycles. The van der Waals surface area contributed by atoms with Crippen LogP contribution in [0.4, 0.5) is 0 Å². The summed E-state index contributed by atoms with van der Waals surface area (Å²) in [5.74, 6) is 1.73. The summed E-state index contributed by atoms with van der Waals surface area (Å²) in [5, 5.41) is 0. The first-order valence-electron chi connectivity index (χ1n) is 7.48. The van der Waals surface area contributed by atoms with Crippen molar-refractivity contribution < 1.29 is 4.74 Å². The van der Waals surface area contributed by atoms with E-state index in [9.17, 15) is 0 Å². The summed E-state index contributed by atoms with van der Waals surface area (Å²) in [7, 11) is 0. The van der Waals surface area contributed by atoms with Gasteiger partial charge in [0, 0.05) is 25.6 Å². The standard InChI is InChI=1S/C16H24N2O/c1-2-12-10-18(8-7-15(12)17)11-14-9-13-5-3-4-6-16(13)19-14/h3-6,12,14-15H,2,7-11,17H2,1H3. The van der Waals surface area contributed by atoms with Crippen molar-refractivity contribution in [1.29, 1.82) is 0 Å². The van der Waals surface area contributed by atoms with Gasteiger partial charge in [0.05, 0.1) is 0 Å². The van der Waals surface area contributed by atoms with Gasteiger partial charge < -0.3 is 10.5 Å². The Bertz CT molecular complexity index is 410. The number of nitrogens with two attached hydrogens (primary N) is 1. The monoisotopic (exact) mass is 260 g/mol. The Morgan fingerprint density at radius 1 is 1.37 bits per heavy atom. The minimum atomic E-state index is 0.323. The number of para-hydroxylation sites is 1. The maximum Gasteiger partial charge on any atom is 0.123 e. The lowest BCUT2D eigenvalue weighted by molar-refractivity contribution is 0.0994. The van der Waals surface area contributed by atoms with Crippen molar-refractivity contribution >= 4 is 0 Å². The zero-order chi connectivity index (χ0) is 13.2. The van der Waals surface area contributed by atoms with E-state index in [1.165, 1.54) is 12.0 Å². The van der Waals surface area contributed by atoms with Crippen LogP contribution in [0.15, 0.2) is 24.3 Å². The molecule has 2 heterocycles. The quantitative estimate of drug-likeness (QED) is 0.904. The predicted octanol–water partition coefficient (Wildman–Crippen LogP) is 2.05. The molecule has 1 aromatic carbocycles. The number of hydrogen-bond acceptors (Lipinski definition) is 3. The average molecular weight is 260 g/mol. The van der Waals surface area contributed by atoms with Gasteiger partial charge in [0.25, 0.3) is 0 Å². The lowest BCUT2D eigenvalue weighted by Gasteiger charge is -2.37. The van der Waals surface area contributed by atoms with Gasteiger partial charge >= 0.3 is 0 Å². The highest BCUT2D eigenvalue weighted by Crippen LogP contribution is 2.29. The van der Waals surface area contributed by atoms with Crippen LogP contribution >= 0.6 is 0 Å². The maximum absolute atomic E-state index is 6.17. The number of piperidine rings is 1. The second-order valence-electron chi connectivity index (χ2n) is 5.93. The summed E-state index contributed by atoms with van der Waals surface area (Å²) < 4.78 is 6.03. The average Bonchev–Trinajstić information content (AvgIpc) is 2.83. The summed E-state index contributed by atoms with van der Waals surface area (Å²) in [4.78, 5) is 2.54. The smallest absolute Gasteiger partial charge is 0.123 e. The number of ether oxygens (including phenoxy) is 1. The number of hydrogen-bond donors (Lipinski definition) is 1. The summed E-state index contributed by atoms with van der Waals surface area (Å²) in [6, 6.07) is 8.79. The summed E-state index contributed by atoms with van der Waals surface area (Å²) in [6.07, 6.45) is 3.68. The largest absolute Gasteiger partial charge is 0.488 e. The minimum absolute atomic E-state index is 0.323. The molecule has 3 nitrogen and oxygen atoms in total. The van der Waals surface area contributed by atoms with Gasteiger partial charge in [-0.25, -0.2) is 0 Å². The molecule has 2 N–H and O–H groups in total. The van der Waals surface area contributed by atoms with Crippen LogP contribution in [0.1, 0.15) is 25.3 Å². The Morgan fingerprint density at radius 3 is 3.00 bits per heavy atom. The molecule has 1 fully saturated rings. The predicted molar refractivity (Wildman–Crippen MR) is 77.4 cm³/mol. The first kappa shape index (κ1) is 12.9. The molecule has 3 heteroatoms. The Labute approximate surface area is 115 Å². The van der Waals surface area contributed by atoms with Gasteiger partial charge in [0.1, 0.15) is 11.9 Å². The molecule has 3 atom stereocenters. The molecule has 1 aromatic rings. The van der Waals surface area contributed by atoms with Crippen LogP contribution in [0.5, 0.6) is 5.75 Å². The van der Waals surface area contributed by atoms with Crippen molar-refractivity contribution in [1.82, 2.24) is 4.90 Å². The number of nitrogens with zero attached hydrogens (tertiary/aromatic N) is 1. The van der Waals surface area contributed by atoms with Crippen LogP contribution in [-0.2, 0) is 6.42 Å². The Morgan fingerprint density at radius 2 is 2.21 bits per heavy atom. The molecular formula is C16H24N2O. The fourth-order valence-electron chi connectivity index (χ4n) is 3.37. The van der Waals surface area contributed by atoms with Crippen LogP contribution in [0.2, 0.25) is 0 Å². The molecule has 3 rings (SSSR count). The van der Waals surface area contributed by atoms with Crippen molar-refractivity contribution in [2.75, 3.05) is 19.6 Å². The molecule has 0 aromatic heterocycles. The fraction of sp³-hybridized carbons (Fsp3) is 0.625. The van der Waals surface area contributed by atoms with E-state index >= 15 is 0 Å². The van der Waals surface area contributed by atoms with Gasteiger partial charge in [0.15, 0.2) is 0 Å². The topological polar surface area (TPSA) is 38.5 Å². The molecule has 3 unspecified atom stereocenters. The van der Waals surface area contributed by atoms with Gasteiger partial charge in [-0.2, -0.15) is 0 Å². The highest BCUT2D eigenvalue weighted by atomic mass is 16.5. The number of benzene rings is 1. The van der Waals surface area contributed by atoms with E-state index in [-0.39, 0.29) is 0 Å². The highest BCUT2D eigenvalue weighted by molar-refractivity contribution is 5.37. The molecule has 0 radical (unpaired) electrons. The first-order chi connectivity index (χ1) is 9.26. The van der Waals surface area contributed by atoms with E-state index < -0.39 is 0 Å². The zero-order valence-corrected chi connectivity index (χ0v) is 11.7. The van der Waals surface area contributed by atoms with Gasteiger partial charge in [-0.1, -0.05) is 31.5 Å². The van der Waals surface area contributed by atoms with Gasteiger partial charge in [-0.05, 0) is 30.5 Å². The summed E-state index contributed by atoms with van der Waals surface area (Å²) >= 11 is 0. The molecule has 2 aliphatic heterocycles. The van der Waals surface area contributed by atoms with E-state index in [1.807, 2.05) is 6.07 Å². The Kier molecular flexibility index (Phi) is 3.76. The van der Waals surface area contributed by atoms with Crippen LogP contribution in [0.3, 0.4) is 0 Å². The summed E-state index contributed by atoms with van der Waals surface area (Å²) in [6.45, 7) is 5.54. The van der Waals surface area contributed by atoms with Gasteiger partial charge in [0.2, 0.25) is 0 Å². The molecule has 0 bridgehead atoms. The third-order valence-electron chi connectivity index (χ3n) is 4.58. The number of rotatable bonds is 3. The minimum Gasteiger partial charge on any atom is -0.488 e. The maximum atomic E-state index is 6.17. The third-order valence-corrected chi connectivity index (χ3v) is 4.58. The van der Waals surface area contributed by atoms with Crippen LogP contribution in [-0.4, -0.2) is 36.7 Å². The molecule has 0 amide bonds. The molecular weight excluding hydrogens is 236 g/mol. The second-order valence-corrected chi connectivity index (χ2v) is 5.93. The van der Waals surface area contributed by atoms with Crippen molar-refractivity contribution in [2.45, 2.75) is 38.3 Å². The lowest BCUT2D eigenvalue weighted by Crippen LogP contribution is -2.49. The van der Waals surface area contributed by atoms with Crippen molar-refractivity contribution in [2.24, 2.45) is 11.7 Å². The van der Waals surface area contributed by atoms with Gasteiger partial charge in [-0.15, -0.1) is 0 Å². The normalized spacial score (nSPS) is 30.9. The Balaban J connectivity index is 1.56. The molecule has 104 valence electrons. The SMILES string of the molecule is CCC1CN(CC2Cc3ccccc3O2)CCC1N. The first-order valence-corrected chi connectivity index (χ1v) is 7.48. The highest BCUT2D eigenvalue weighted by Gasteiger charge is 2.29. The van der Waals surface area contributed by atoms with Gasteiger partial charge in [-0.3, -0.25) is 4.90 Å². The van der Waals surface area contributed by atoms with Crippen molar-refractivity contribution in [3.63, 3.8) is 0 Å². The van der Waals surface area contributed by atoms with Crippen LogP contribution < -0.4 is 10.5 Å². The Hall–Kier alpha value is -1.06. The van der Waals surface area contributed by atoms with E-state index in [1.54, 1.807) is 0 Å². The van der Waals surface area contributed by atoms with E-state index in [2.05, 4.69) is 30.0 Å². The lowest BCUT2D eigenvalue weighted by atomic mass is 9.90. The number of fused-ring (bicyclic) bond motifs is 1. The van der Waals surface area contributed by atoms with Crippen LogP contribution in [0.25, 0.3) is 0 Å². The van der Waals surface area contributed by atoms with E-state index in [4.69, 9.17) is 10.5 Å².